The number of allylic oxidation sites excluding steroid dienone is 1. The van der Waals surface area contributed by atoms with Crippen LogP contribution >= 0.6 is 0 Å². The van der Waals surface area contributed by atoms with Crippen LogP contribution in [0.5, 0.6) is 17.2 Å². The summed E-state index contributed by atoms with van der Waals surface area (Å²) in [6, 6.07) is 21.2. The van der Waals surface area contributed by atoms with Crippen LogP contribution in [0.4, 0.5) is 4.79 Å². The van der Waals surface area contributed by atoms with Crippen molar-refractivity contribution in [2.24, 2.45) is 22.9 Å². The van der Waals surface area contributed by atoms with Gasteiger partial charge in [0.05, 0.1) is 24.8 Å². The van der Waals surface area contributed by atoms with E-state index in [2.05, 4.69) is 44.7 Å². The lowest BCUT2D eigenvalue weighted by Crippen LogP contribution is -2.70. The zero-order chi connectivity index (χ0) is 43.5. The van der Waals surface area contributed by atoms with Crippen LogP contribution in [0.1, 0.15) is 106 Å². The molecule has 2 aliphatic carbocycles. The SMILES string of the molecule is C=CCOC12Oc3ccc(Oc4ccc(C)c(C)c4)cc3C3C(CCCCO)C(CCCCO)C=C(C(=NOC4CCCCO4)CC1N(CCC)C(=O)OCc1ccccc1)C32. The molecule has 2 fully saturated rings. The normalized spacial score (nSPS) is 25.8. The lowest BCUT2D eigenvalue weighted by Gasteiger charge is -2.60. The molecule has 7 unspecified atom stereocenters. The number of hydrogen-bond donors (Lipinski definition) is 2. The Morgan fingerprint density at radius 1 is 0.968 bits per heavy atom. The van der Waals surface area contributed by atoms with E-state index in [1.54, 1.807) is 11.0 Å². The van der Waals surface area contributed by atoms with Gasteiger partial charge in [-0.15, -0.1) is 6.58 Å². The van der Waals surface area contributed by atoms with Crippen LogP contribution in [0.15, 0.2) is 96.2 Å². The smallest absolute Gasteiger partial charge is 0.410 e. The van der Waals surface area contributed by atoms with Gasteiger partial charge in [-0.05, 0) is 123 Å². The van der Waals surface area contributed by atoms with E-state index in [0.717, 1.165) is 78.7 Å². The highest BCUT2D eigenvalue weighted by Crippen LogP contribution is 2.62. The number of carbonyl (C=O) groups excluding carboxylic acids is 1. The van der Waals surface area contributed by atoms with Gasteiger partial charge in [-0.25, -0.2) is 4.79 Å². The first kappa shape index (κ1) is 45.3. The molecule has 2 N–H and O–H groups in total. The molecule has 0 aromatic heterocycles. The lowest BCUT2D eigenvalue weighted by atomic mass is 9.55. The molecule has 1 saturated carbocycles. The molecule has 11 nitrogen and oxygen atoms in total. The number of aliphatic hydroxyl groups excluding tert-OH is 2. The third-order valence-corrected chi connectivity index (χ3v) is 13.1. The van der Waals surface area contributed by atoms with Crippen LogP contribution in [0.25, 0.3) is 0 Å². The number of carbonyl (C=O) groups is 1. The molecule has 62 heavy (non-hydrogen) atoms. The minimum atomic E-state index is -1.39. The summed E-state index contributed by atoms with van der Waals surface area (Å²) in [6.07, 6.45) is 11.5. The van der Waals surface area contributed by atoms with E-state index in [1.165, 1.54) is 5.56 Å². The number of aryl methyl sites for hydroxylation is 2. The maximum absolute atomic E-state index is 14.6. The van der Waals surface area contributed by atoms with E-state index in [1.807, 2.05) is 55.5 Å². The van der Waals surface area contributed by atoms with E-state index in [9.17, 15) is 15.0 Å². The van der Waals surface area contributed by atoms with Gasteiger partial charge in [-0.3, -0.25) is 4.90 Å². The molecular formula is C51H66N2O9. The van der Waals surface area contributed by atoms with E-state index >= 15 is 0 Å². The summed E-state index contributed by atoms with van der Waals surface area (Å²) in [5.74, 6) is 0.247. The first-order chi connectivity index (χ1) is 30.3. The molecule has 1 amide bonds. The van der Waals surface area contributed by atoms with Gasteiger partial charge in [-0.1, -0.05) is 73.5 Å². The second-order valence-corrected chi connectivity index (χ2v) is 17.3. The molecule has 7 atom stereocenters. The van der Waals surface area contributed by atoms with Crippen molar-refractivity contribution in [1.29, 1.82) is 0 Å². The Labute approximate surface area is 367 Å². The van der Waals surface area contributed by atoms with Crippen LogP contribution in [-0.2, 0) is 25.7 Å². The van der Waals surface area contributed by atoms with Crippen LogP contribution in [0.2, 0.25) is 0 Å². The van der Waals surface area contributed by atoms with E-state index in [4.69, 9.17) is 33.7 Å². The van der Waals surface area contributed by atoms with Gasteiger partial charge in [0, 0.05) is 44.1 Å². The van der Waals surface area contributed by atoms with Crippen molar-refractivity contribution in [3.63, 3.8) is 0 Å². The average molecular weight is 851 g/mol. The van der Waals surface area contributed by atoms with Gasteiger partial charge in [0.1, 0.15) is 29.9 Å². The van der Waals surface area contributed by atoms with Crippen LogP contribution < -0.4 is 9.47 Å². The average Bonchev–Trinajstić information content (AvgIpc) is 3.29. The zero-order valence-electron chi connectivity index (χ0n) is 36.8. The van der Waals surface area contributed by atoms with Crippen molar-refractivity contribution < 1.29 is 43.5 Å². The molecule has 3 aromatic rings. The van der Waals surface area contributed by atoms with Crippen molar-refractivity contribution in [2.75, 3.05) is 33.0 Å². The molecule has 0 radical (unpaired) electrons. The predicted octanol–water partition coefficient (Wildman–Crippen LogP) is 10.3. The highest BCUT2D eigenvalue weighted by molar-refractivity contribution is 6.03. The monoisotopic (exact) mass is 850 g/mol. The molecule has 7 rings (SSSR count). The number of rotatable bonds is 20. The summed E-state index contributed by atoms with van der Waals surface area (Å²) < 4.78 is 33.2. The first-order valence-electron chi connectivity index (χ1n) is 22.9. The van der Waals surface area contributed by atoms with Gasteiger partial charge in [0.25, 0.3) is 0 Å². The Balaban J connectivity index is 1.41. The third kappa shape index (κ3) is 10.2. The molecule has 2 aliphatic heterocycles. The summed E-state index contributed by atoms with van der Waals surface area (Å²) in [6.45, 7) is 11.8. The second-order valence-electron chi connectivity index (χ2n) is 17.3. The minimum absolute atomic E-state index is 0.0764. The second kappa shape index (κ2) is 21.6. The number of oxime groups is 1. The Hall–Kier alpha value is -4.68. The van der Waals surface area contributed by atoms with Gasteiger partial charge in [-0.2, -0.15) is 0 Å². The van der Waals surface area contributed by atoms with Gasteiger partial charge < -0.3 is 38.7 Å². The Bertz CT molecular complexity index is 2010. The molecular weight excluding hydrogens is 785 g/mol. The van der Waals surface area contributed by atoms with Gasteiger partial charge in [0.15, 0.2) is 0 Å². The number of aliphatic hydroxyl groups is 2. The van der Waals surface area contributed by atoms with Crippen molar-refractivity contribution in [3.8, 4) is 17.2 Å². The van der Waals surface area contributed by atoms with Crippen molar-refractivity contribution in [3.05, 3.63) is 113 Å². The van der Waals surface area contributed by atoms with Crippen molar-refractivity contribution in [1.82, 2.24) is 4.90 Å². The molecule has 3 aromatic carbocycles. The predicted molar refractivity (Wildman–Crippen MR) is 239 cm³/mol. The maximum atomic E-state index is 14.6. The number of benzene rings is 3. The van der Waals surface area contributed by atoms with E-state index in [-0.39, 0.29) is 50.6 Å². The van der Waals surface area contributed by atoms with Gasteiger partial charge >= 0.3 is 6.09 Å². The highest BCUT2D eigenvalue weighted by atomic mass is 16.8. The van der Waals surface area contributed by atoms with Gasteiger partial charge in [0.2, 0.25) is 12.1 Å². The molecule has 334 valence electrons. The molecule has 0 spiro atoms. The molecule has 11 heteroatoms. The number of unbranched alkanes of at least 4 members (excludes halogenated alkanes) is 2. The number of amides is 1. The minimum Gasteiger partial charge on any atom is -0.459 e. The standard InChI is InChI=1S/C51H66N2O9/c1-5-25-53(50(56)58-34-37-16-8-7-9-17-37)46-33-44(52-62-47-20-12-15-29-57-47)42-31-38(18-10-13-26-54)41(19-11-14-27-55)48-43-32-40(60-39-22-21-35(3)36(4)30-39)23-24-45(43)61-51(46,49(42)48)59-28-6-2/h6-9,16-17,21-24,30-32,38,41,46-49,54-55H,2,5,10-15,18-20,25-29,33-34H2,1,3-4H3. The van der Waals surface area contributed by atoms with Crippen LogP contribution in [-0.4, -0.2) is 78.0 Å². The Kier molecular flexibility index (Phi) is 15.8. The summed E-state index contributed by atoms with van der Waals surface area (Å²) in [5, 5.41) is 24.9. The van der Waals surface area contributed by atoms with E-state index < -0.39 is 30.1 Å². The van der Waals surface area contributed by atoms with E-state index in [0.29, 0.717) is 43.9 Å². The summed E-state index contributed by atoms with van der Waals surface area (Å²) in [5.41, 5.74) is 5.91. The zero-order valence-corrected chi connectivity index (χ0v) is 36.8. The third-order valence-electron chi connectivity index (χ3n) is 13.1. The fraction of sp³-hybridized carbons (Fsp3) is 0.529. The number of hydrogen-bond acceptors (Lipinski definition) is 10. The summed E-state index contributed by atoms with van der Waals surface area (Å²) >= 11 is 0. The first-order valence-corrected chi connectivity index (χ1v) is 22.9. The maximum Gasteiger partial charge on any atom is 0.410 e. The van der Waals surface area contributed by atoms with Crippen LogP contribution in [0.3, 0.4) is 0 Å². The molecule has 4 aliphatic rings. The van der Waals surface area contributed by atoms with Crippen molar-refractivity contribution >= 4 is 11.8 Å². The Morgan fingerprint density at radius 2 is 1.74 bits per heavy atom. The topological polar surface area (TPSA) is 129 Å². The fourth-order valence-electron chi connectivity index (χ4n) is 9.96. The number of ether oxygens (including phenoxy) is 5. The fourth-order valence-corrected chi connectivity index (χ4v) is 9.96. The summed E-state index contributed by atoms with van der Waals surface area (Å²) in [4.78, 5) is 22.7. The summed E-state index contributed by atoms with van der Waals surface area (Å²) in [7, 11) is 0. The molecule has 2 heterocycles. The highest BCUT2D eigenvalue weighted by Gasteiger charge is 2.65. The largest absolute Gasteiger partial charge is 0.459 e. The van der Waals surface area contributed by atoms with Crippen molar-refractivity contribution in [2.45, 2.75) is 122 Å². The molecule has 1 saturated heterocycles. The number of nitrogens with zero attached hydrogens (tertiary/aromatic N) is 2. The molecule has 0 bridgehead atoms. The Morgan fingerprint density at radius 3 is 2.47 bits per heavy atom. The van der Waals surface area contributed by atoms with Crippen LogP contribution in [0, 0.1) is 31.6 Å². The quantitative estimate of drug-likeness (QED) is 0.0649. The number of fused-ring (bicyclic) bond motifs is 2. The lowest BCUT2D eigenvalue weighted by molar-refractivity contribution is -0.255.